The number of hydrogen-bond acceptors (Lipinski definition) is 0. The average molecular weight is 152 g/mol. The van der Waals surface area contributed by atoms with Crippen LogP contribution in [0.2, 0.25) is 0 Å². The Morgan fingerprint density at radius 1 is 1.18 bits per heavy atom. The van der Waals surface area contributed by atoms with Gasteiger partial charge >= 0.3 is 0 Å². The highest BCUT2D eigenvalue weighted by atomic mass is 14.0. The SMILES string of the molecule is C=C(CC)CCC(=CC)CC. The highest BCUT2D eigenvalue weighted by molar-refractivity contribution is 5.04. The molecule has 0 aliphatic heterocycles. The summed E-state index contributed by atoms with van der Waals surface area (Å²) in [4.78, 5) is 0. The zero-order valence-corrected chi connectivity index (χ0v) is 8.11. The van der Waals surface area contributed by atoms with Crippen molar-refractivity contribution in [2.75, 3.05) is 0 Å². The summed E-state index contributed by atoms with van der Waals surface area (Å²) in [5.41, 5.74) is 2.93. The van der Waals surface area contributed by atoms with Crippen LogP contribution in [0.4, 0.5) is 0 Å². The number of hydrogen-bond donors (Lipinski definition) is 0. The first kappa shape index (κ1) is 10.5. The van der Waals surface area contributed by atoms with Gasteiger partial charge in [0, 0.05) is 0 Å². The average Bonchev–Trinajstić information content (AvgIpc) is 2.06. The monoisotopic (exact) mass is 152 g/mol. The van der Waals surface area contributed by atoms with Crippen molar-refractivity contribution in [2.24, 2.45) is 0 Å². The summed E-state index contributed by atoms with van der Waals surface area (Å²) in [7, 11) is 0. The van der Waals surface area contributed by atoms with Gasteiger partial charge in [-0.15, -0.1) is 0 Å². The highest BCUT2D eigenvalue weighted by Gasteiger charge is 1.94. The maximum atomic E-state index is 3.99. The van der Waals surface area contributed by atoms with Crippen LogP contribution < -0.4 is 0 Å². The van der Waals surface area contributed by atoms with Gasteiger partial charge < -0.3 is 0 Å². The molecule has 0 aromatic carbocycles. The van der Waals surface area contributed by atoms with Crippen molar-refractivity contribution >= 4 is 0 Å². The minimum absolute atomic E-state index is 1.13. The van der Waals surface area contributed by atoms with Crippen LogP contribution in [0.5, 0.6) is 0 Å². The van der Waals surface area contributed by atoms with E-state index in [0.717, 1.165) is 6.42 Å². The quantitative estimate of drug-likeness (QED) is 0.520. The van der Waals surface area contributed by atoms with Crippen LogP contribution in [0.3, 0.4) is 0 Å². The zero-order valence-electron chi connectivity index (χ0n) is 8.11. The molecule has 0 aromatic heterocycles. The van der Waals surface area contributed by atoms with Crippen LogP contribution in [0.15, 0.2) is 23.8 Å². The molecule has 0 aromatic rings. The summed E-state index contributed by atoms with van der Waals surface area (Å²) in [6.07, 6.45) is 6.92. The van der Waals surface area contributed by atoms with Gasteiger partial charge in [-0.3, -0.25) is 0 Å². The molecule has 0 saturated heterocycles. The molecule has 0 saturated carbocycles. The van der Waals surface area contributed by atoms with Gasteiger partial charge in [-0.1, -0.05) is 37.6 Å². The van der Waals surface area contributed by atoms with Crippen molar-refractivity contribution in [3.8, 4) is 0 Å². The normalized spacial score (nSPS) is 11.7. The molecule has 0 N–H and O–H groups in total. The summed E-state index contributed by atoms with van der Waals surface area (Å²) >= 11 is 0. The van der Waals surface area contributed by atoms with Gasteiger partial charge in [-0.2, -0.15) is 0 Å². The first-order chi connectivity index (χ1) is 5.24. The Morgan fingerprint density at radius 2 is 1.82 bits per heavy atom. The molecular formula is C11H20. The lowest BCUT2D eigenvalue weighted by molar-refractivity contribution is 0.843. The largest absolute Gasteiger partial charge is 0.0999 e. The lowest BCUT2D eigenvalue weighted by Gasteiger charge is -2.04. The molecule has 0 nitrogen and oxygen atoms in total. The van der Waals surface area contributed by atoms with Crippen molar-refractivity contribution in [1.82, 2.24) is 0 Å². The first-order valence-electron chi connectivity index (χ1n) is 4.55. The van der Waals surface area contributed by atoms with Crippen molar-refractivity contribution in [1.29, 1.82) is 0 Å². The summed E-state index contributed by atoms with van der Waals surface area (Å²) in [6.45, 7) is 10.5. The molecule has 0 heteroatoms. The molecule has 0 amide bonds. The second-order valence-corrected chi connectivity index (χ2v) is 2.90. The summed E-state index contributed by atoms with van der Waals surface area (Å²) in [5.74, 6) is 0. The van der Waals surface area contributed by atoms with Crippen molar-refractivity contribution < 1.29 is 0 Å². The van der Waals surface area contributed by atoms with Gasteiger partial charge in [0.25, 0.3) is 0 Å². The maximum Gasteiger partial charge on any atom is -0.0283 e. The van der Waals surface area contributed by atoms with E-state index < -0.39 is 0 Å². The minimum atomic E-state index is 1.13. The van der Waals surface area contributed by atoms with Crippen LogP contribution in [0.1, 0.15) is 46.5 Å². The van der Waals surface area contributed by atoms with Gasteiger partial charge in [0.2, 0.25) is 0 Å². The molecule has 0 heterocycles. The maximum absolute atomic E-state index is 3.99. The van der Waals surface area contributed by atoms with Crippen molar-refractivity contribution in [3.63, 3.8) is 0 Å². The van der Waals surface area contributed by atoms with Crippen molar-refractivity contribution in [3.05, 3.63) is 23.8 Å². The molecule has 0 bridgehead atoms. The molecule has 0 atom stereocenters. The topological polar surface area (TPSA) is 0 Å². The van der Waals surface area contributed by atoms with E-state index in [9.17, 15) is 0 Å². The third kappa shape index (κ3) is 4.83. The molecular weight excluding hydrogens is 132 g/mol. The van der Waals surface area contributed by atoms with Gasteiger partial charge in [-0.25, -0.2) is 0 Å². The lowest BCUT2D eigenvalue weighted by atomic mass is 10.0. The molecule has 0 rings (SSSR count). The van der Waals surface area contributed by atoms with Gasteiger partial charge in [0.15, 0.2) is 0 Å². The summed E-state index contributed by atoms with van der Waals surface area (Å²) in [5, 5.41) is 0. The fourth-order valence-electron chi connectivity index (χ4n) is 1.04. The highest BCUT2D eigenvalue weighted by Crippen LogP contribution is 2.14. The minimum Gasteiger partial charge on any atom is -0.0999 e. The zero-order chi connectivity index (χ0) is 8.69. The van der Waals surface area contributed by atoms with E-state index in [4.69, 9.17) is 0 Å². The van der Waals surface area contributed by atoms with E-state index in [1.165, 1.54) is 24.8 Å². The Morgan fingerprint density at radius 3 is 2.18 bits per heavy atom. The van der Waals surface area contributed by atoms with Gasteiger partial charge in [-0.05, 0) is 32.6 Å². The Kier molecular flexibility index (Phi) is 5.91. The van der Waals surface area contributed by atoms with E-state index in [1.54, 1.807) is 5.57 Å². The molecule has 0 aliphatic carbocycles. The molecule has 0 aliphatic rings. The third-order valence-corrected chi connectivity index (χ3v) is 2.16. The van der Waals surface area contributed by atoms with Crippen LogP contribution in [-0.2, 0) is 0 Å². The van der Waals surface area contributed by atoms with Crippen LogP contribution in [-0.4, -0.2) is 0 Å². The number of allylic oxidation sites excluding steroid dienone is 3. The third-order valence-electron chi connectivity index (χ3n) is 2.16. The van der Waals surface area contributed by atoms with E-state index in [1.807, 2.05) is 0 Å². The fourth-order valence-corrected chi connectivity index (χ4v) is 1.04. The standard InChI is InChI=1S/C11H20/c1-5-10(4)8-9-11(6-2)7-3/h6H,4-5,7-9H2,1-3H3. The van der Waals surface area contributed by atoms with Crippen molar-refractivity contribution in [2.45, 2.75) is 46.5 Å². The Balaban J connectivity index is 3.60. The van der Waals surface area contributed by atoms with Crippen LogP contribution in [0.25, 0.3) is 0 Å². The molecule has 11 heavy (non-hydrogen) atoms. The predicted octanol–water partition coefficient (Wildman–Crippen LogP) is 4.09. The Labute approximate surface area is 71.0 Å². The number of rotatable bonds is 5. The van der Waals surface area contributed by atoms with E-state index in [0.29, 0.717) is 0 Å². The second-order valence-electron chi connectivity index (χ2n) is 2.90. The Hall–Kier alpha value is -0.520. The first-order valence-corrected chi connectivity index (χ1v) is 4.55. The smallest absolute Gasteiger partial charge is 0.0283 e. The fraction of sp³-hybridized carbons (Fsp3) is 0.636. The van der Waals surface area contributed by atoms with Crippen LogP contribution >= 0.6 is 0 Å². The predicted molar refractivity (Wildman–Crippen MR) is 52.7 cm³/mol. The van der Waals surface area contributed by atoms with E-state index >= 15 is 0 Å². The van der Waals surface area contributed by atoms with Gasteiger partial charge in [0.1, 0.15) is 0 Å². The second kappa shape index (κ2) is 6.21. The lowest BCUT2D eigenvalue weighted by Crippen LogP contribution is -1.84. The van der Waals surface area contributed by atoms with Crippen LogP contribution in [0, 0.1) is 0 Å². The molecule has 0 unspecified atom stereocenters. The molecule has 0 fully saturated rings. The Bertz CT molecular complexity index is 140. The molecule has 0 spiro atoms. The molecule has 0 radical (unpaired) electrons. The summed E-state index contributed by atoms with van der Waals surface area (Å²) < 4.78 is 0. The van der Waals surface area contributed by atoms with E-state index in [-0.39, 0.29) is 0 Å². The van der Waals surface area contributed by atoms with E-state index in [2.05, 4.69) is 33.4 Å². The van der Waals surface area contributed by atoms with Gasteiger partial charge in [0.05, 0.1) is 0 Å². The summed E-state index contributed by atoms with van der Waals surface area (Å²) in [6, 6.07) is 0. The molecule has 64 valence electrons.